The highest BCUT2D eigenvalue weighted by Gasteiger charge is 2.26. The van der Waals surface area contributed by atoms with Gasteiger partial charge in [0.15, 0.2) is 6.34 Å². The molecule has 1 aliphatic heterocycles. The van der Waals surface area contributed by atoms with Crippen molar-refractivity contribution in [3.8, 4) is 0 Å². The van der Waals surface area contributed by atoms with Crippen LogP contribution in [-0.4, -0.2) is 36.9 Å². The lowest BCUT2D eigenvalue weighted by Crippen LogP contribution is -2.23. The van der Waals surface area contributed by atoms with Gasteiger partial charge in [0.1, 0.15) is 12.7 Å². The highest BCUT2D eigenvalue weighted by Crippen LogP contribution is 2.15. The minimum atomic E-state index is -2.52. The zero-order valence-corrected chi connectivity index (χ0v) is 5.67. The molecule has 0 spiro atoms. The molecule has 0 bridgehead atoms. The number of rotatable bonds is 3. The van der Waals surface area contributed by atoms with Crippen molar-refractivity contribution in [3.63, 3.8) is 0 Å². The van der Waals surface area contributed by atoms with Crippen molar-refractivity contribution < 1.29 is 13.2 Å². The third-order valence-electron chi connectivity index (χ3n) is 1.25. The van der Waals surface area contributed by atoms with Crippen molar-refractivity contribution in [2.75, 3.05) is 13.2 Å². The third-order valence-corrected chi connectivity index (χ3v) is 1.25. The van der Waals surface area contributed by atoms with Gasteiger partial charge in [-0.25, -0.2) is 13.2 Å². The highest BCUT2D eigenvalue weighted by atomic mass is 19.3. The second kappa shape index (κ2) is 3.59. The molecule has 0 fully saturated rings. The summed E-state index contributed by atoms with van der Waals surface area (Å²) in [6.45, 7) is 0.631. The number of aliphatic imine (C=N–C) groups is 1. The van der Waals surface area contributed by atoms with E-state index in [2.05, 4.69) is 11.3 Å². The Morgan fingerprint density at radius 1 is 1.64 bits per heavy atom. The molecule has 1 heterocycles. The summed E-state index contributed by atoms with van der Waals surface area (Å²) in [5.41, 5.74) is 0. The van der Waals surface area contributed by atoms with E-state index < -0.39 is 19.1 Å². The lowest BCUT2D eigenvalue weighted by molar-refractivity contribution is 0.125. The molecule has 1 unspecified atom stereocenters. The molecule has 1 atom stereocenters. The zero-order valence-electron chi connectivity index (χ0n) is 5.67. The van der Waals surface area contributed by atoms with Crippen LogP contribution < -0.4 is 0 Å². The second-order valence-corrected chi connectivity index (χ2v) is 2.09. The van der Waals surface area contributed by atoms with Crippen molar-refractivity contribution in [2.24, 2.45) is 4.99 Å². The van der Waals surface area contributed by atoms with Gasteiger partial charge in [-0.2, -0.15) is 0 Å². The third kappa shape index (κ3) is 2.10. The summed E-state index contributed by atoms with van der Waals surface area (Å²) < 4.78 is 35.4. The van der Waals surface area contributed by atoms with Gasteiger partial charge in [-0.05, 0) is 0 Å². The molecule has 62 valence electrons. The number of nitrogens with zero attached hydrogens (tertiary/aromatic N) is 2. The van der Waals surface area contributed by atoms with E-state index in [9.17, 15) is 13.2 Å². The van der Waals surface area contributed by atoms with E-state index in [0.29, 0.717) is 0 Å². The maximum atomic E-state index is 11.9. The SMILES string of the molecule is FCCN1[C]=NC(C(F)F)[CH]1. The van der Waals surface area contributed by atoms with Crippen LogP contribution >= 0.6 is 0 Å². The van der Waals surface area contributed by atoms with Gasteiger partial charge in [0.2, 0.25) is 0 Å². The second-order valence-electron chi connectivity index (χ2n) is 2.09. The summed E-state index contributed by atoms with van der Waals surface area (Å²) in [7, 11) is 0. The molecule has 0 aliphatic carbocycles. The Kier molecular flexibility index (Phi) is 2.73. The van der Waals surface area contributed by atoms with Crippen molar-refractivity contribution in [3.05, 3.63) is 6.54 Å². The van der Waals surface area contributed by atoms with Gasteiger partial charge in [-0.15, -0.1) is 0 Å². The minimum absolute atomic E-state index is 0.0483. The quantitative estimate of drug-likeness (QED) is 0.606. The molecule has 0 aromatic heterocycles. The molecular weight excluding hydrogens is 157 g/mol. The zero-order chi connectivity index (χ0) is 8.27. The Balaban J connectivity index is 2.31. The van der Waals surface area contributed by atoms with Crippen LogP contribution in [0, 0.1) is 6.54 Å². The predicted molar refractivity (Wildman–Crippen MR) is 34.2 cm³/mol. The van der Waals surface area contributed by atoms with E-state index in [1.165, 1.54) is 11.4 Å². The predicted octanol–water partition coefficient (Wildman–Crippen LogP) is 0.972. The Bertz CT molecular complexity index is 149. The first kappa shape index (κ1) is 8.36. The first-order chi connectivity index (χ1) is 5.24. The fourth-order valence-electron chi connectivity index (χ4n) is 0.729. The van der Waals surface area contributed by atoms with Gasteiger partial charge in [0.05, 0.1) is 6.54 Å². The molecule has 2 radical (unpaired) electrons. The summed E-state index contributed by atoms with van der Waals surface area (Å²) >= 11 is 0. The van der Waals surface area contributed by atoms with Crippen LogP contribution in [-0.2, 0) is 0 Å². The standard InChI is InChI=1S/C6H7F3N2/c7-1-2-11-3-5(6(8)9)10-4-11/h3,5-6H,1-2H2. The number of alkyl halides is 3. The summed E-state index contributed by atoms with van der Waals surface area (Å²) in [6.07, 6.45) is -0.249. The van der Waals surface area contributed by atoms with Crippen LogP contribution in [0.1, 0.15) is 0 Å². The van der Waals surface area contributed by atoms with Gasteiger partial charge in [0.25, 0.3) is 6.43 Å². The summed E-state index contributed by atoms with van der Waals surface area (Å²) in [5.74, 6) is 0. The molecule has 1 rings (SSSR count). The topological polar surface area (TPSA) is 15.6 Å². The Morgan fingerprint density at radius 3 is 2.82 bits per heavy atom. The normalized spacial score (nSPS) is 23.6. The van der Waals surface area contributed by atoms with Crippen LogP contribution in [0.5, 0.6) is 0 Å². The fourth-order valence-corrected chi connectivity index (χ4v) is 0.729. The smallest absolute Gasteiger partial charge is 0.262 e. The Labute approximate surface area is 62.7 Å². The van der Waals surface area contributed by atoms with Crippen LogP contribution in [0.15, 0.2) is 4.99 Å². The van der Waals surface area contributed by atoms with Crippen LogP contribution in [0.4, 0.5) is 13.2 Å². The first-order valence-electron chi connectivity index (χ1n) is 3.15. The molecule has 0 saturated carbocycles. The van der Waals surface area contributed by atoms with E-state index in [0.717, 1.165) is 0 Å². The fraction of sp³-hybridized carbons (Fsp3) is 0.667. The largest absolute Gasteiger partial charge is 0.344 e. The molecule has 0 amide bonds. The van der Waals surface area contributed by atoms with Gasteiger partial charge >= 0.3 is 0 Å². The molecule has 2 nitrogen and oxygen atoms in total. The molecule has 0 N–H and O–H groups in total. The van der Waals surface area contributed by atoms with Crippen molar-refractivity contribution in [1.29, 1.82) is 0 Å². The van der Waals surface area contributed by atoms with Gasteiger partial charge in [-0.1, -0.05) is 0 Å². The van der Waals surface area contributed by atoms with Crippen LogP contribution in [0.2, 0.25) is 0 Å². The average Bonchev–Trinajstić information content (AvgIpc) is 2.37. The van der Waals surface area contributed by atoms with E-state index in [-0.39, 0.29) is 6.54 Å². The lowest BCUT2D eigenvalue weighted by Gasteiger charge is -2.11. The minimum Gasteiger partial charge on any atom is -0.344 e. The summed E-state index contributed by atoms with van der Waals surface area (Å²) in [4.78, 5) is 4.54. The number of halogens is 3. The molecule has 0 saturated heterocycles. The van der Waals surface area contributed by atoms with E-state index in [1.54, 1.807) is 0 Å². The number of hydrogen-bond donors (Lipinski definition) is 0. The Morgan fingerprint density at radius 2 is 2.36 bits per heavy atom. The van der Waals surface area contributed by atoms with Gasteiger partial charge in [-0.3, -0.25) is 4.99 Å². The Hall–Kier alpha value is -0.740. The van der Waals surface area contributed by atoms with E-state index in [1.807, 2.05) is 0 Å². The van der Waals surface area contributed by atoms with Crippen molar-refractivity contribution in [1.82, 2.24) is 4.90 Å². The molecule has 0 aromatic rings. The van der Waals surface area contributed by atoms with E-state index in [4.69, 9.17) is 0 Å². The summed E-state index contributed by atoms with van der Waals surface area (Å²) in [5, 5.41) is 0. The monoisotopic (exact) mass is 164 g/mol. The lowest BCUT2D eigenvalue weighted by atomic mass is 10.3. The first-order valence-corrected chi connectivity index (χ1v) is 3.15. The highest BCUT2D eigenvalue weighted by molar-refractivity contribution is 5.59. The summed E-state index contributed by atoms with van der Waals surface area (Å²) in [6, 6.07) is -1.14. The van der Waals surface area contributed by atoms with Gasteiger partial charge < -0.3 is 4.90 Å². The van der Waals surface area contributed by atoms with Crippen LogP contribution in [0.3, 0.4) is 0 Å². The van der Waals surface area contributed by atoms with E-state index >= 15 is 0 Å². The molecule has 0 aromatic carbocycles. The molecule has 11 heavy (non-hydrogen) atoms. The molecule has 1 aliphatic rings. The van der Waals surface area contributed by atoms with Crippen LogP contribution in [0.25, 0.3) is 0 Å². The maximum Gasteiger partial charge on any atom is 0.262 e. The van der Waals surface area contributed by atoms with Gasteiger partial charge in [0, 0.05) is 6.54 Å². The number of hydrogen-bond acceptors (Lipinski definition) is 2. The molecular formula is C6H7F3N2. The van der Waals surface area contributed by atoms with Crippen molar-refractivity contribution in [2.45, 2.75) is 12.5 Å². The average molecular weight is 164 g/mol. The molecule has 5 heteroatoms. The van der Waals surface area contributed by atoms with Crippen molar-refractivity contribution >= 4 is 6.34 Å². The maximum absolute atomic E-state index is 11.9.